The molecule has 0 aliphatic rings. The van der Waals surface area contributed by atoms with Crippen molar-refractivity contribution in [2.45, 2.75) is 18.7 Å². The number of amides is 1. The number of nitrogens with zero attached hydrogens (tertiary/aromatic N) is 1. The fourth-order valence-electron chi connectivity index (χ4n) is 2.26. The van der Waals surface area contributed by atoms with Crippen molar-refractivity contribution in [3.8, 4) is 5.75 Å². The van der Waals surface area contributed by atoms with Gasteiger partial charge in [0.25, 0.3) is 0 Å². The van der Waals surface area contributed by atoms with E-state index in [9.17, 15) is 13.2 Å². The summed E-state index contributed by atoms with van der Waals surface area (Å²) in [4.78, 5) is 12.3. The quantitative estimate of drug-likeness (QED) is 0.779. The lowest BCUT2D eigenvalue weighted by molar-refractivity contribution is -0.116. The first-order valence-corrected chi connectivity index (χ1v) is 9.81. The normalized spacial score (nSPS) is 11.4. The van der Waals surface area contributed by atoms with E-state index in [1.165, 1.54) is 19.2 Å². The van der Waals surface area contributed by atoms with Crippen molar-refractivity contribution in [2.75, 3.05) is 25.5 Å². The number of ether oxygens (including phenoxy) is 1. The average Bonchev–Trinajstić information content (AvgIpc) is 2.59. The van der Waals surface area contributed by atoms with Gasteiger partial charge in [-0.2, -0.15) is 4.31 Å². The van der Waals surface area contributed by atoms with Crippen molar-refractivity contribution < 1.29 is 17.9 Å². The fraction of sp³-hybridized carbons (Fsp3) is 0.278. The molecule has 0 unspecified atom stereocenters. The summed E-state index contributed by atoms with van der Waals surface area (Å²) in [5.74, 6) is 0.135. The maximum atomic E-state index is 12.6. The molecule has 6 nitrogen and oxygen atoms in total. The standard InChI is InChI=1S/C18H21ClN2O4S/c1-4-25-15-7-9-16(10-8-15)26(23,24)21(3)12-18(22)20-17-11-14(19)6-5-13(17)2/h5-11H,4,12H2,1-3H3,(H,20,22). The molecule has 2 aromatic carbocycles. The Balaban J connectivity index is 2.08. The van der Waals surface area contributed by atoms with Gasteiger partial charge in [0.05, 0.1) is 18.0 Å². The number of carbonyl (C=O) groups excluding carboxylic acids is 1. The number of benzene rings is 2. The number of nitrogens with one attached hydrogen (secondary N) is 1. The Morgan fingerprint density at radius 3 is 2.46 bits per heavy atom. The zero-order chi connectivity index (χ0) is 19.3. The van der Waals surface area contributed by atoms with E-state index >= 15 is 0 Å². The van der Waals surface area contributed by atoms with Gasteiger partial charge < -0.3 is 10.1 Å². The van der Waals surface area contributed by atoms with E-state index in [1.807, 2.05) is 13.8 Å². The Kier molecular flexibility index (Phi) is 6.63. The predicted molar refractivity (Wildman–Crippen MR) is 102 cm³/mol. The third-order valence-electron chi connectivity index (χ3n) is 3.68. The van der Waals surface area contributed by atoms with E-state index in [1.54, 1.807) is 30.3 Å². The fourth-order valence-corrected chi connectivity index (χ4v) is 3.56. The molecule has 1 N–H and O–H groups in total. The Bertz CT molecular complexity index is 883. The molecule has 2 aromatic rings. The molecule has 0 aliphatic heterocycles. The number of aryl methyl sites for hydroxylation is 1. The molecule has 0 saturated carbocycles. The lowest BCUT2D eigenvalue weighted by atomic mass is 10.2. The van der Waals surface area contributed by atoms with Crippen LogP contribution in [0.4, 0.5) is 5.69 Å². The summed E-state index contributed by atoms with van der Waals surface area (Å²) in [5.41, 5.74) is 1.38. The number of anilines is 1. The predicted octanol–water partition coefficient (Wildman–Crippen LogP) is 3.31. The topological polar surface area (TPSA) is 75.7 Å². The summed E-state index contributed by atoms with van der Waals surface area (Å²) in [7, 11) is -2.43. The Hall–Kier alpha value is -2.09. The first kappa shape index (κ1) is 20.2. The molecular weight excluding hydrogens is 376 g/mol. The maximum absolute atomic E-state index is 12.6. The molecule has 1 amide bonds. The lowest BCUT2D eigenvalue weighted by Crippen LogP contribution is -2.35. The molecule has 0 aliphatic carbocycles. The Morgan fingerprint density at radius 2 is 1.85 bits per heavy atom. The van der Waals surface area contributed by atoms with Gasteiger partial charge in [-0.25, -0.2) is 8.42 Å². The van der Waals surface area contributed by atoms with Gasteiger partial charge in [-0.3, -0.25) is 4.79 Å². The van der Waals surface area contributed by atoms with Crippen LogP contribution in [0.15, 0.2) is 47.4 Å². The van der Waals surface area contributed by atoms with Crippen LogP contribution in [0.3, 0.4) is 0 Å². The van der Waals surface area contributed by atoms with Gasteiger partial charge in [-0.15, -0.1) is 0 Å². The molecule has 0 radical (unpaired) electrons. The monoisotopic (exact) mass is 396 g/mol. The Labute approximate surface area is 158 Å². The van der Waals surface area contributed by atoms with E-state index in [0.29, 0.717) is 23.1 Å². The van der Waals surface area contributed by atoms with Crippen LogP contribution in [0, 0.1) is 6.92 Å². The minimum Gasteiger partial charge on any atom is -0.494 e. The zero-order valence-corrected chi connectivity index (χ0v) is 16.4. The Morgan fingerprint density at radius 1 is 1.19 bits per heavy atom. The van der Waals surface area contributed by atoms with Crippen LogP contribution in [-0.4, -0.2) is 38.8 Å². The molecule has 8 heteroatoms. The minimum absolute atomic E-state index is 0.0928. The summed E-state index contributed by atoms with van der Waals surface area (Å²) in [5, 5.41) is 3.17. The maximum Gasteiger partial charge on any atom is 0.243 e. The minimum atomic E-state index is -3.79. The summed E-state index contributed by atoms with van der Waals surface area (Å²) in [6.07, 6.45) is 0. The molecule has 0 aromatic heterocycles. The molecular formula is C18H21ClN2O4S. The second kappa shape index (κ2) is 8.53. The van der Waals surface area contributed by atoms with Crippen LogP contribution in [-0.2, 0) is 14.8 Å². The molecule has 0 bridgehead atoms. The molecule has 140 valence electrons. The smallest absolute Gasteiger partial charge is 0.243 e. The summed E-state index contributed by atoms with van der Waals surface area (Å²) < 4.78 is 31.5. The number of likely N-dealkylation sites (N-methyl/N-ethyl adjacent to an activating group) is 1. The summed E-state index contributed by atoms with van der Waals surface area (Å²) in [6, 6.07) is 11.2. The SMILES string of the molecule is CCOc1ccc(S(=O)(=O)N(C)CC(=O)Nc2cc(Cl)ccc2C)cc1. The number of rotatable bonds is 7. The first-order valence-electron chi connectivity index (χ1n) is 7.99. The van der Waals surface area contributed by atoms with E-state index in [4.69, 9.17) is 16.3 Å². The second-order valence-electron chi connectivity index (χ2n) is 5.67. The van der Waals surface area contributed by atoms with Crippen LogP contribution in [0.1, 0.15) is 12.5 Å². The number of carbonyl (C=O) groups is 1. The van der Waals surface area contributed by atoms with Gasteiger partial charge >= 0.3 is 0 Å². The highest BCUT2D eigenvalue weighted by Gasteiger charge is 2.23. The third-order valence-corrected chi connectivity index (χ3v) is 5.74. The van der Waals surface area contributed by atoms with Gasteiger partial charge in [0.2, 0.25) is 15.9 Å². The molecule has 26 heavy (non-hydrogen) atoms. The number of hydrogen-bond acceptors (Lipinski definition) is 4. The molecule has 0 saturated heterocycles. The lowest BCUT2D eigenvalue weighted by Gasteiger charge is -2.17. The van der Waals surface area contributed by atoms with Gasteiger partial charge in [-0.1, -0.05) is 17.7 Å². The highest BCUT2D eigenvalue weighted by molar-refractivity contribution is 7.89. The first-order chi connectivity index (χ1) is 12.2. The van der Waals surface area contributed by atoms with Gasteiger partial charge in [0.1, 0.15) is 5.75 Å². The molecule has 2 rings (SSSR count). The van der Waals surface area contributed by atoms with Crippen LogP contribution >= 0.6 is 11.6 Å². The summed E-state index contributed by atoms with van der Waals surface area (Å²) >= 11 is 5.93. The van der Waals surface area contributed by atoms with Crippen molar-refractivity contribution >= 4 is 33.2 Å². The zero-order valence-electron chi connectivity index (χ0n) is 14.8. The highest BCUT2D eigenvalue weighted by atomic mass is 35.5. The average molecular weight is 397 g/mol. The molecule has 0 atom stereocenters. The van der Waals surface area contributed by atoms with Crippen molar-refractivity contribution in [1.29, 1.82) is 0 Å². The largest absolute Gasteiger partial charge is 0.494 e. The van der Waals surface area contributed by atoms with E-state index in [0.717, 1.165) is 9.87 Å². The van der Waals surface area contributed by atoms with Gasteiger partial charge in [0, 0.05) is 17.8 Å². The van der Waals surface area contributed by atoms with Crippen LogP contribution in [0.25, 0.3) is 0 Å². The van der Waals surface area contributed by atoms with Crippen LogP contribution in [0.5, 0.6) is 5.75 Å². The van der Waals surface area contributed by atoms with Crippen molar-refractivity contribution in [3.05, 3.63) is 53.1 Å². The molecule has 0 spiro atoms. The third kappa shape index (κ3) is 4.97. The molecule has 0 fully saturated rings. The van der Waals surface area contributed by atoms with E-state index in [-0.39, 0.29) is 11.4 Å². The van der Waals surface area contributed by atoms with Crippen molar-refractivity contribution in [3.63, 3.8) is 0 Å². The summed E-state index contributed by atoms with van der Waals surface area (Å²) in [6.45, 7) is 3.85. The van der Waals surface area contributed by atoms with Gasteiger partial charge in [0.15, 0.2) is 0 Å². The van der Waals surface area contributed by atoms with Crippen molar-refractivity contribution in [2.24, 2.45) is 0 Å². The van der Waals surface area contributed by atoms with Gasteiger partial charge in [-0.05, 0) is 55.8 Å². The van der Waals surface area contributed by atoms with E-state index in [2.05, 4.69) is 5.32 Å². The van der Waals surface area contributed by atoms with Crippen LogP contribution < -0.4 is 10.1 Å². The van der Waals surface area contributed by atoms with E-state index < -0.39 is 15.9 Å². The van der Waals surface area contributed by atoms with Crippen LogP contribution in [0.2, 0.25) is 5.02 Å². The highest BCUT2D eigenvalue weighted by Crippen LogP contribution is 2.21. The number of sulfonamides is 1. The number of hydrogen-bond donors (Lipinski definition) is 1. The molecule has 0 heterocycles. The van der Waals surface area contributed by atoms with Crippen molar-refractivity contribution in [1.82, 2.24) is 4.31 Å². The second-order valence-corrected chi connectivity index (χ2v) is 8.15. The number of halogens is 1.